The van der Waals surface area contributed by atoms with E-state index in [9.17, 15) is 0 Å². The Kier molecular flexibility index (Phi) is 2.99. The van der Waals surface area contributed by atoms with Gasteiger partial charge in [-0.05, 0) is 58.8 Å². The highest BCUT2D eigenvalue weighted by molar-refractivity contribution is 8.00. The van der Waals surface area contributed by atoms with E-state index in [1.165, 1.54) is 74.0 Å². The van der Waals surface area contributed by atoms with Crippen LogP contribution in [0.15, 0.2) is 94.7 Å². The van der Waals surface area contributed by atoms with Crippen molar-refractivity contribution in [1.82, 2.24) is 4.57 Å². The fourth-order valence-corrected chi connectivity index (χ4v) is 9.67. The molecular formula is C31H16BNS2. The molecule has 3 aliphatic heterocycles. The molecule has 0 N–H and O–H groups in total. The van der Waals surface area contributed by atoms with E-state index < -0.39 is 0 Å². The Morgan fingerprint density at radius 2 is 1.49 bits per heavy atom. The first kappa shape index (κ1) is 17.9. The van der Waals surface area contributed by atoms with E-state index in [1.54, 1.807) is 10.9 Å². The van der Waals surface area contributed by atoms with Gasteiger partial charge in [0.1, 0.15) is 0 Å². The maximum absolute atomic E-state index is 2.60. The number of hydrogen-bond donors (Lipinski definition) is 0. The molecule has 160 valence electrons. The lowest BCUT2D eigenvalue weighted by Crippen LogP contribution is -2.62. The molecule has 35 heavy (non-hydrogen) atoms. The second-order valence-electron chi connectivity index (χ2n) is 10.0. The molecule has 0 unspecified atom stereocenters. The Hall–Kier alpha value is -3.47. The molecule has 0 spiro atoms. The summed E-state index contributed by atoms with van der Waals surface area (Å²) in [5, 5.41) is 5.58. The molecule has 1 nitrogen and oxygen atoms in total. The molecule has 4 heteroatoms. The van der Waals surface area contributed by atoms with Crippen LogP contribution in [0, 0.1) is 0 Å². The van der Waals surface area contributed by atoms with E-state index in [0.29, 0.717) is 6.71 Å². The third-order valence-corrected chi connectivity index (χ3v) is 10.8. The Balaban J connectivity index is 1.48. The summed E-state index contributed by atoms with van der Waals surface area (Å²) >= 11 is 3.91. The predicted molar refractivity (Wildman–Crippen MR) is 152 cm³/mol. The summed E-state index contributed by atoms with van der Waals surface area (Å²) in [6.07, 6.45) is 1.03. The maximum Gasteiger partial charge on any atom is 0.250 e. The number of fused-ring (bicyclic) bond motifs is 8. The van der Waals surface area contributed by atoms with Gasteiger partial charge in [0.05, 0.1) is 5.52 Å². The highest BCUT2D eigenvalue weighted by Gasteiger charge is 2.43. The second-order valence-corrected chi connectivity index (χ2v) is 12.2. The topological polar surface area (TPSA) is 4.93 Å². The van der Waals surface area contributed by atoms with E-state index >= 15 is 0 Å². The molecule has 0 amide bonds. The number of hydrogen-bond acceptors (Lipinski definition) is 2. The van der Waals surface area contributed by atoms with Gasteiger partial charge in [-0.25, -0.2) is 0 Å². The third-order valence-electron chi connectivity index (χ3n) is 8.47. The van der Waals surface area contributed by atoms with Crippen molar-refractivity contribution in [3.05, 3.63) is 96.1 Å². The summed E-state index contributed by atoms with van der Waals surface area (Å²) in [4.78, 5) is 2.86. The summed E-state index contributed by atoms with van der Waals surface area (Å²) in [7, 11) is 0. The minimum atomic E-state index is 0.343. The number of benzene rings is 5. The van der Waals surface area contributed by atoms with Crippen LogP contribution in [0.2, 0.25) is 0 Å². The second kappa shape index (κ2) is 5.84. The Morgan fingerprint density at radius 1 is 0.657 bits per heavy atom. The minimum absolute atomic E-state index is 0.343. The Bertz CT molecular complexity index is 2120. The van der Waals surface area contributed by atoms with E-state index in [4.69, 9.17) is 0 Å². The number of aromatic nitrogens is 1. The van der Waals surface area contributed by atoms with Crippen LogP contribution in [-0.2, 0) is 6.42 Å². The first-order valence-corrected chi connectivity index (χ1v) is 13.8. The predicted octanol–water partition coefficient (Wildman–Crippen LogP) is 6.35. The normalized spacial score (nSPS) is 14.6. The van der Waals surface area contributed by atoms with Crippen molar-refractivity contribution in [2.24, 2.45) is 0 Å². The van der Waals surface area contributed by atoms with Crippen LogP contribution in [-0.4, -0.2) is 11.3 Å². The number of nitrogens with zero attached hydrogens (tertiary/aromatic N) is 1. The van der Waals surface area contributed by atoms with Crippen LogP contribution in [0.3, 0.4) is 0 Å². The fraction of sp³-hybridized carbons (Fsp3) is 0.0323. The van der Waals surface area contributed by atoms with Gasteiger partial charge < -0.3 is 4.57 Å². The van der Waals surface area contributed by atoms with Crippen LogP contribution < -0.4 is 16.4 Å². The molecule has 0 bridgehead atoms. The molecule has 10 rings (SSSR count). The minimum Gasteiger partial charge on any atom is -0.310 e. The monoisotopic (exact) mass is 477 g/mol. The highest BCUT2D eigenvalue weighted by Crippen LogP contribution is 2.45. The zero-order valence-corrected chi connectivity index (χ0v) is 20.3. The number of thiophene rings is 1. The van der Waals surface area contributed by atoms with Crippen LogP contribution in [0.5, 0.6) is 0 Å². The van der Waals surface area contributed by atoms with Crippen molar-refractivity contribution in [1.29, 1.82) is 0 Å². The number of rotatable bonds is 0. The van der Waals surface area contributed by atoms with Gasteiger partial charge in [0.15, 0.2) is 0 Å². The fourth-order valence-electron chi connectivity index (χ4n) is 7.19. The lowest BCUT2D eigenvalue weighted by Gasteiger charge is -2.38. The average Bonchev–Trinajstić information content (AvgIpc) is 3.44. The molecular weight excluding hydrogens is 461 g/mol. The molecule has 2 aromatic heterocycles. The molecule has 0 saturated heterocycles. The Morgan fingerprint density at radius 3 is 2.46 bits per heavy atom. The van der Waals surface area contributed by atoms with Crippen LogP contribution in [0.1, 0.15) is 11.1 Å². The van der Waals surface area contributed by atoms with Gasteiger partial charge in [-0.1, -0.05) is 71.8 Å². The van der Waals surface area contributed by atoms with Gasteiger partial charge in [0.25, 0.3) is 0 Å². The summed E-state index contributed by atoms with van der Waals surface area (Å²) in [5.74, 6) is 0. The van der Waals surface area contributed by atoms with E-state index in [1.807, 2.05) is 23.1 Å². The van der Waals surface area contributed by atoms with Crippen LogP contribution >= 0.6 is 23.1 Å². The van der Waals surface area contributed by atoms with Crippen molar-refractivity contribution in [2.75, 3.05) is 0 Å². The molecule has 0 fully saturated rings. The van der Waals surface area contributed by atoms with Crippen molar-refractivity contribution in [3.63, 3.8) is 0 Å². The van der Waals surface area contributed by atoms with E-state index in [-0.39, 0.29) is 0 Å². The molecule has 0 atom stereocenters. The zero-order valence-electron chi connectivity index (χ0n) is 18.6. The standard InChI is InChI=1S/C31H16BNS2/c1-2-8-23-18(6-1)19-13-14-21-26(31(19)35-23)20-12-11-17-15-16-5-3-9-24-27(16)32-28(17)30(20)33(21)22-7-4-10-25(34-24)29(22)32/h1-14H,15H2. The molecule has 3 aliphatic rings. The van der Waals surface area contributed by atoms with E-state index in [2.05, 4.69) is 89.5 Å². The van der Waals surface area contributed by atoms with Crippen molar-refractivity contribution >= 4 is 88.2 Å². The average molecular weight is 477 g/mol. The largest absolute Gasteiger partial charge is 0.310 e. The first-order chi connectivity index (χ1) is 17.4. The SMILES string of the molecule is c1cc2c3c(c1)Sc1cccc4c1B3c1c(ccc3c5c6sc7ccccc7c6ccc5n-4c13)C2. The van der Waals surface area contributed by atoms with Gasteiger partial charge in [-0.15, -0.1) is 11.3 Å². The molecule has 0 radical (unpaired) electrons. The zero-order chi connectivity index (χ0) is 22.4. The van der Waals surface area contributed by atoms with Gasteiger partial charge in [-0.2, -0.15) is 0 Å². The smallest absolute Gasteiger partial charge is 0.250 e. The first-order valence-electron chi connectivity index (χ1n) is 12.2. The summed E-state index contributed by atoms with van der Waals surface area (Å²) < 4.78 is 5.39. The van der Waals surface area contributed by atoms with Crippen molar-refractivity contribution < 1.29 is 0 Å². The quantitative estimate of drug-likeness (QED) is 0.231. The lowest BCUT2D eigenvalue weighted by molar-refractivity contribution is 1.14. The van der Waals surface area contributed by atoms with Gasteiger partial charge in [-0.3, -0.25) is 0 Å². The lowest BCUT2D eigenvalue weighted by atomic mass is 9.32. The molecule has 7 aromatic rings. The summed E-state index contributed by atoms with van der Waals surface area (Å²) in [6, 6.07) is 32.3. The van der Waals surface area contributed by atoms with Crippen LogP contribution in [0.25, 0.3) is 47.7 Å². The van der Waals surface area contributed by atoms with E-state index in [0.717, 1.165) is 6.42 Å². The van der Waals surface area contributed by atoms with Gasteiger partial charge in [0, 0.05) is 51.9 Å². The van der Waals surface area contributed by atoms with Gasteiger partial charge in [0.2, 0.25) is 6.71 Å². The van der Waals surface area contributed by atoms with Crippen LogP contribution in [0.4, 0.5) is 0 Å². The third kappa shape index (κ3) is 1.93. The van der Waals surface area contributed by atoms with Gasteiger partial charge >= 0.3 is 0 Å². The van der Waals surface area contributed by atoms with Crippen molar-refractivity contribution in [3.8, 4) is 5.69 Å². The summed E-state index contributed by atoms with van der Waals surface area (Å²) in [5.41, 5.74) is 11.8. The highest BCUT2D eigenvalue weighted by atomic mass is 32.2. The molecule has 0 aliphatic carbocycles. The summed E-state index contributed by atoms with van der Waals surface area (Å²) in [6.45, 7) is 0.343. The Labute approximate surface area is 210 Å². The molecule has 5 aromatic carbocycles. The molecule has 5 heterocycles. The maximum atomic E-state index is 2.60. The van der Waals surface area contributed by atoms with Crippen molar-refractivity contribution in [2.45, 2.75) is 16.2 Å². The molecule has 0 saturated carbocycles.